The number of ether oxygens (including phenoxy) is 2. The van der Waals surface area contributed by atoms with Crippen LogP contribution >= 0.6 is 0 Å². The number of carbonyl (C=O) groups excluding carboxylic acids is 1. The second-order valence-electron chi connectivity index (χ2n) is 5.12. The fourth-order valence-electron chi connectivity index (χ4n) is 2.46. The lowest BCUT2D eigenvalue weighted by Crippen LogP contribution is -2.12. The van der Waals surface area contributed by atoms with Gasteiger partial charge in [-0.25, -0.2) is 0 Å². The van der Waals surface area contributed by atoms with Crippen LogP contribution in [-0.2, 0) is 9.53 Å². The molecule has 1 aromatic carbocycles. The smallest absolute Gasteiger partial charge is 0.302 e. The first-order chi connectivity index (χ1) is 10.1. The van der Waals surface area contributed by atoms with E-state index in [0.717, 1.165) is 37.0 Å². The van der Waals surface area contributed by atoms with Crippen molar-refractivity contribution in [2.75, 3.05) is 13.7 Å². The maximum Gasteiger partial charge on any atom is 0.302 e. The summed E-state index contributed by atoms with van der Waals surface area (Å²) in [4.78, 5) is 11.1. The van der Waals surface area contributed by atoms with E-state index in [9.17, 15) is 4.79 Å². The zero-order chi connectivity index (χ0) is 15.7. The molecule has 1 rings (SSSR count). The van der Waals surface area contributed by atoms with E-state index >= 15 is 0 Å². The monoisotopic (exact) mass is 288 g/mol. The molecule has 3 heteroatoms. The summed E-state index contributed by atoms with van der Waals surface area (Å²) >= 11 is 0. The third kappa shape index (κ3) is 5.51. The SMILES string of the molecule is C#CCCCCC(COC(C)=O)c1cccc(OC)c1C. The van der Waals surface area contributed by atoms with Gasteiger partial charge in [0.15, 0.2) is 0 Å². The Morgan fingerprint density at radius 1 is 1.38 bits per heavy atom. The molecule has 0 saturated heterocycles. The van der Waals surface area contributed by atoms with Crippen LogP contribution in [-0.4, -0.2) is 19.7 Å². The zero-order valence-corrected chi connectivity index (χ0v) is 13.1. The molecule has 0 saturated carbocycles. The minimum Gasteiger partial charge on any atom is -0.496 e. The third-order valence-corrected chi connectivity index (χ3v) is 3.60. The summed E-state index contributed by atoms with van der Waals surface area (Å²) < 4.78 is 10.6. The Morgan fingerprint density at radius 2 is 2.14 bits per heavy atom. The second kappa shape index (κ2) is 9.07. The normalized spacial score (nSPS) is 11.5. The number of esters is 1. The summed E-state index contributed by atoms with van der Waals surface area (Å²) in [5.74, 6) is 3.46. The number of carbonyl (C=O) groups is 1. The highest BCUT2D eigenvalue weighted by atomic mass is 16.5. The van der Waals surface area contributed by atoms with Crippen molar-refractivity contribution in [3.05, 3.63) is 29.3 Å². The Labute approximate surface area is 127 Å². The second-order valence-corrected chi connectivity index (χ2v) is 5.12. The topological polar surface area (TPSA) is 35.5 Å². The van der Waals surface area contributed by atoms with Crippen molar-refractivity contribution >= 4 is 5.97 Å². The van der Waals surface area contributed by atoms with E-state index in [-0.39, 0.29) is 11.9 Å². The molecular weight excluding hydrogens is 264 g/mol. The lowest BCUT2D eigenvalue weighted by atomic mass is 9.90. The number of unbranched alkanes of at least 4 members (excludes halogenated alkanes) is 2. The number of hydrogen-bond acceptors (Lipinski definition) is 3. The van der Waals surface area contributed by atoms with Crippen LogP contribution in [0.4, 0.5) is 0 Å². The van der Waals surface area contributed by atoms with Gasteiger partial charge in [-0.3, -0.25) is 4.79 Å². The van der Waals surface area contributed by atoms with Crippen LogP contribution < -0.4 is 4.74 Å². The minimum absolute atomic E-state index is 0.182. The maximum atomic E-state index is 11.1. The summed E-state index contributed by atoms with van der Waals surface area (Å²) in [7, 11) is 1.67. The van der Waals surface area contributed by atoms with E-state index in [2.05, 4.69) is 12.0 Å². The van der Waals surface area contributed by atoms with E-state index in [0.29, 0.717) is 6.61 Å². The Bertz CT molecular complexity index is 500. The number of terminal acetylenes is 1. The first-order valence-electron chi connectivity index (χ1n) is 7.30. The molecule has 0 N–H and O–H groups in total. The Balaban J connectivity index is 2.84. The predicted octanol–water partition coefficient (Wildman–Crippen LogP) is 3.84. The predicted molar refractivity (Wildman–Crippen MR) is 84.4 cm³/mol. The molecule has 0 bridgehead atoms. The van der Waals surface area contributed by atoms with Crippen LogP contribution in [0.1, 0.15) is 49.7 Å². The van der Waals surface area contributed by atoms with Gasteiger partial charge in [0.05, 0.1) is 13.7 Å². The van der Waals surface area contributed by atoms with Gasteiger partial charge >= 0.3 is 5.97 Å². The summed E-state index contributed by atoms with van der Waals surface area (Å²) in [6.45, 7) is 3.88. The highest BCUT2D eigenvalue weighted by molar-refractivity contribution is 5.66. The standard InChI is InChI=1S/C18H24O3/c1-5-6-7-8-10-16(13-21-15(3)19)17-11-9-12-18(20-4)14(17)2/h1,9,11-12,16H,6-8,10,13H2,2-4H3. The van der Waals surface area contributed by atoms with Crippen LogP contribution in [0.3, 0.4) is 0 Å². The van der Waals surface area contributed by atoms with Gasteiger partial charge in [0.2, 0.25) is 0 Å². The quantitative estimate of drug-likeness (QED) is 0.414. The lowest BCUT2D eigenvalue weighted by molar-refractivity contribution is -0.141. The van der Waals surface area contributed by atoms with E-state index < -0.39 is 0 Å². The molecule has 0 fully saturated rings. The van der Waals surface area contributed by atoms with Gasteiger partial charge in [0, 0.05) is 19.3 Å². The van der Waals surface area contributed by atoms with E-state index in [1.54, 1.807) is 7.11 Å². The van der Waals surface area contributed by atoms with E-state index in [4.69, 9.17) is 15.9 Å². The van der Waals surface area contributed by atoms with Crippen LogP contribution in [0.25, 0.3) is 0 Å². The molecular formula is C18H24O3. The fraction of sp³-hybridized carbons (Fsp3) is 0.500. The van der Waals surface area contributed by atoms with Gasteiger partial charge in [-0.05, 0) is 37.0 Å². The largest absolute Gasteiger partial charge is 0.496 e. The van der Waals surface area contributed by atoms with Gasteiger partial charge in [0.1, 0.15) is 5.75 Å². The van der Waals surface area contributed by atoms with Crippen molar-refractivity contribution in [2.24, 2.45) is 0 Å². The highest BCUT2D eigenvalue weighted by Gasteiger charge is 2.17. The minimum atomic E-state index is -0.246. The van der Waals surface area contributed by atoms with Crippen LogP contribution in [0.15, 0.2) is 18.2 Å². The van der Waals surface area contributed by atoms with Gasteiger partial charge in [-0.2, -0.15) is 0 Å². The van der Waals surface area contributed by atoms with Crippen molar-refractivity contribution in [2.45, 2.75) is 45.4 Å². The molecule has 1 aromatic rings. The van der Waals surface area contributed by atoms with Gasteiger partial charge in [0.25, 0.3) is 0 Å². The van der Waals surface area contributed by atoms with Crippen molar-refractivity contribution < 1.29 is 14.3 Å². The summed E-state index contributed by atoms with van der Waals surface area (Å²) in [5.41, 5.74) is 2.28. The zero-order valence-electron chi connectivity index (χ0n) is 13.1. The number of methoxy groups -OCH3 is 1. The molecule has 0 radical (unpaired) electrons. The Kier molecular flexibility index (Phi) is 7.39. The van der Waals surface area contributed by atoms with Gasteiger partial charge < -0.3 is 9.47 Å². The Hall–Kier alpha value is -1.95. The molecule has 0 aliphatic carbocycles. The third-order valence-electron chi connectivity index (χ3n) is 3.60. The molecule has 0 spiro atoms. The number of hydrogen-bond donors (Lipinski definition) is 0. The summed E-state index contributed by atoms with van der Waals surface area (Å²) in [6.07, 6.45) is 9.03. The fourth-order valence-corrected chi connectivity index (χ4v) is 2.46. The van der Waals surface area contributed by atoms with Crippen LogP contribution in [0.2, 0.25) is 0 Å². The maximum absolute atomic E-state index is 11.1. The molecule has 0 aliphatic heterocycles. The van der Waals surface area contributed by atoms with Crippen molar-refractivity contribution in [1.29, 1.82) is 0 Å². The first kappa shape index (κ1) is 17.1. The number of benzene rings is 1. The van der Waals surface area contributed by atoms with Gasteiger partial charge in [-0.15, -0.1) is 12.3 Å². The van der Waals surface area contributed by atoms with Crippen molar-refractivity contribution in [3.63, 3.8) is 0 Å². The molecule has 21 heavy (non-hydrogen) atoms. The van der Waals surface area contributed by atoms with Crippen molar-refractivity contribution in [1.82, 2.24) is 0 Å². The average Bonchev–Trinajstić information content (AvgIpc) is 2.47. The molecule has 3 nitrogen and oxygen atoms in total. The molecule has 0 heterocycles. The van der Waals surface area contributed by atoms with E-state index in [1.807, 2.05) is 19.1 Å². The van der Waals surface area contributed by atoms with E-state index in [1.165, 1.54) is 12.5 Å². The summed E-state index contributed by atoms with van der Waals surface area (Å²) in [5, 5.41) is 0. The number of rotatable bonds is 8. The highest BCUT2D eigenvalue weighted by Crippen LogP contribution is 2.30. The molecule has 0 amide bonds. The molecule has 1 unspecified atom stereocenters. The lowest BCUT2D eigenvalue weighted by Gasteiger charge is -2.20. The molecule has 114 valence electrons. The van der Waals surface area contributed by atoms with Crippen LogP contribution in [0.5, 0.6) is 5.75 Å². The van der Waals surface area contributed by atoms with Gasteiger partial charge in [-0.1, -0.05) is 18.6 Å². The summed E-state index contributed by atoms with van der Waals surface area (Å²) in [6, 6.07) is 6.00. The molecule has 0 aromatic heterocycles. The average molecular weight is 288 g/mol. The van der Waals surface area contributed by atoms with Crippen LogP contribution in [0, 0.1) is 19.3 Å². The Morgan fingerprint density at radius 3 is 2.76 bits per heavy atom. The molecule has 0 aliphatic rings. The van der Waals surface area contributed by atoms with Crippen molar-refractivity contribution in [3.8, 4) is 18.1 Å². The molecule has 1 atom stereocenters. The first-order valence-corrected chi connectivity index (χ1v) is 7.30.